The van der Waals surface area contributed by atoms with Gasteiger partial charge in [-0.15, -0.1) is 0 Å². The van der Waals surface area contributed by atoms with Crippen molar-refractivity contribution in [2.45, 2.75) is 27.3 Å². The molecule has 0 aromatic heterocycles. The Kier molecular flexibility index (Phi) is 6.36. The fourth-order valence-corrected chi connectivity index (χ4v) is 1.94. The van der Waals surface area contributed by atoms with Crippen molar-refractivity contribution in [3.8, 4) is 0 Å². The summed E-state index contributed by atoms with van der Waals surface area (Å²) in [5.74, 6) is 0.0550. The maximum Gasteiger partial charge on any atom is 0.239 e. The third-order valence-corrected chi connectivity index (χ3v) is 3.09. The number of nitrogens with zero attached hydrogens (tertiary/aromatic N) is 1. The lowest BCUT2D eigenvalue weighted by Crippen LogP contribution is -2.35. The Morgan fingerprint density at radius 3 is 2.58 bits per heavy atom. The lowest BCUT2D eigenvalue weighted by Gasteiger charge is -2.20. The molecular weight excluding hydrogens is 238 g/mol. The van der Waals surface area contributed by atoms with Crippen LogP contribution in [0.5, 0.6) is 0 Å². The molecule has 1 aromatic rings. The average molecular weight is 263 g/mol. The first-order valence-electron chi connectivity index (χ1n) is 6.86. The lowest BCUT2D eigenvalue weighted by molar-refractivity contribution is -0.119. The second-order valence-electron chi connectivity index (χ2n) is 4.70. The van der Waals surface area contributed by atoms with Gasteiger partial charge in [-0.25, -0.2) is 0 Å². The van der Waals surface area contributed by atoms with E-state index in [4.69, 9.17) is 0 Å². The van der Waals surface area contributed by atoms with Gasteiger partial charge in [-0.1, -0.05) is 13.0 Å². The minimum absolute atomic E-state index is 0.0550. The van der Waals surface area contributed by atoms with Crippen LogP contribution in [0.3, 0.4) is 0 Å². The summed E-state index contributed by atoms with van der Waals surface area (Å²) in [4.78, 5) is 13.5. The number of nitrogens with one attached hydrogen (secondary N) is 2. The van der Waals surface area contributed by atoms with Crippen LogP contribution in [0.2, 0.25) is 0 Å². The van der Waals surface area contributed by atoms with Crippen molar-refractivity contribution < 1.29 is 4.79 Å². The zero-order chi connectivity index (χ0) is 14.3. The van der Waals surface area contributed by atoms with E-state index in [0.717, 1.165) is 18.8 Å². The van der Waals surface area contributed by atoms with Gasteiger partial charge in [0.1, 0.15) is 0 Å². The summed E-state index contributed by atoms with van der Waals surface area (Å²) in [5, 5.41) is 6.13. The van der Waals surface area contributed by atoms with Crippen LogP contribution in [0.15, 0.2) is 18.2 Å². The second-order valence-corrected chi connectivity index (χ2v) is 4.70. The maximum absolute atomic E-state index is 11.6. The molecule has 0 fully saturated rings. The van der Waals surface area contributed by atoms with Gasteiger partial charge in [0.05, 0.1) is 6.54 Å². The van der Waals surface area contributed by atoms with Crippen molar-refractivity contribution in [2.75, 3.05) is 31.6 Å². The van der Waals surface area contributed by atoms with E-state index in [1.807, 2.05) is 18.9 Å². The zero-order valence-corrected chi connectivity index (χ0v) is 12.4. The molecule has 0 spiro atoms. The van der Waals surface area contributed by atoms with Crippen molar-refractivity contribution in [1.29, 1.82) is 0 Å². The summed E-state index contributed by atoms with van der Waals surface area (Å²) in [6.07, 6.45) is 0. The van der Waals surface area contributed by atoms with Crippen molar-refractivity contribution in [3.05, 3.63) is 29.3 Å². The first kappa shape index (κ1) is 15.5. The third kappa shape index (κ3) is 4.91. The van der Waals surface area contributed by atoms with Crippen LogP contribution in [0.25, 0.3) is 0 Å². The Morgan fingerprint density at radius 2 is 2.00 bits per heavy atom. The van der Waals surface area contributed by atoms with Gasteiger partial charge in [0.25, 0.3) is 0 Å². The number of carbonyl (C=O) groups is 1. The Bertz CT molecular complexity index is 418. The molecule has 0 aliphatic carbocycles. The van der Waals surface area contributed by atoms with Crippen LogP contribution >= 0.6 is 0 Å². The largest absolute Gasteiger partial charge is 0.365 e. The average Bonchev–Trinajstić information content (AvgIpc) is 2.37. The molecule has 0 saturated heterocycles. The monoisotopic (exact) mass is 263 g/mol. The SMILES string of the molecule is CCNCc1ccc(N(C)CC(=O)NCC)cc1C. The molecule has 2 N–H and O–H groups in total. The highest BCUT2D eigenvalue weighted by Gasteiger charge is 2.08. The minimum Gasteiger partial charge on any atom is -0.365 e. The summed E-state index contributed by atoms with van der Waals surface area (Å²) in [5.41, 5.74) is 3.63. The molecule has 4 heteroatoms. The molecule has 0 unspecified atom stereocenters. The fourth-order valence-electron chi connectivity index (χ4n) is 1.94. The van der Waals surface area contributed by atoms with Crippen LogP contribution in [-0.4, -0.2) is 32.6 Å². The Hall–Kier alpha value is -1.55. The molecule has 0 heterocycles. The number of amides is 1. The maximum atomic E-state index is 11.6. The molecule has 0 radical (unpaired) electrons. The van der Waals surface area contributed by atoms with Crippen molar-refractivity contribution in [1.82, 2.24) is 10.6 Å². The molecule has 106 valence electrons. The van der Waals surface area contributed by atoms with Crippen LogP contribution < -0.4 is 15.5 Å². The van der Waals surface area contributed by atoms with E-state index in [9.17, 15) is 4.79 Å². The quantitative estimate of drug-likeness (QED) is 0.786. The highest BCUT2D eigenvalue weighted by molar-refractivity contribution is 5.81. The number of anilines is 1. The van der Waals surface area contributed by atoms with Crippen LogP contribution in [0, 0.1) is 6.92 Å². The normalized spacial score (nSPS) is 10.3. The first-order chi connectivity index (χ1) is 9.08. The molecule has 1 aromatic carbocycles. The summed E-state index contributed by atoms with van der Waals surface area (Å²) in [7, 11) is 1.94. The van der Waals surface area contributed by atoms with Gasteiger partial charge in [0.15, 0.2) is 0 Å². The molecule has 0 aliphatic heterocycles. The Balaban J connectivity index is 2.68. The lowest BCUT2D eigenvalue weighted by atomic mass is 10.1. The molecule has 19 heavy (non-hydrogen) atoms. The predicted molar refractivity (Wildman–Crippen MR) is 80.5 cm³/mol. The molecule has 0 bridgehead atoms. The van der Waals surface area contributed by atoms with Gasteiger partial charge in [0, 0.05) is 25.8 Å². The molecule has 0 saturated carbocycles. The van der Waals surface area contributed by atoms with Crippen LogP contribution in [-0.2, 0) is 11.3 Å². The molecule has 0 atom stereocenters. The summed E-state index contributed by atoms with van der Waals surface area (Å²) < 4.78 is 0. The van der Waals surface area contributed by atoms with Gasteiger partial charge < -0.3 is 15.5 Å². The van der Waals surface area contributed by atoms with Crippen molar-refractivity contribution >= 4 is 11.6 Å². The number of aryl methyl sites for hydroxylation is 1. The number of rotatable bonds is 7. The zero-order valence-electron chi connectivity index (χ0n) is 12.4. The number of hydrogen-bond acceptors (Lipinski definition) is 3. The van der Waals surface area contributed by atoms with Gasteiger partial charge in [-0.2, -0.15) is 0 Å². The molecule has 0 aliphatic rings. The number of carbonyl (C=O) groups excluding carboxylic acids is 1. The smallest absolute Gasteiger partial charge is 0.239 e. The Labute approximate surface area is 116 Å². The summed E-state index contributed by atoms with van der Waals surface area (Å²) >= 11 is 0. The highest BCUT2D eigenvalue weighted by Crippen LogP contribution is 2.18. The summed E-state index contributed by atoms with van der Waals surface area (Å²) in [6, 6.07) is 6.33. The van der Waals surface area contributed by atoms with E-state index in [0.29, 0.717) is 13.1 Å². The van der Waals surface area contributed by atoms with Gasteiger partial charge in [-0.3, -0.25) is 4.79 Å². The van der Waals surface area contributed by atoms with E-state index in [1.165, 1.54) is 11.1 Å². The van der Waals surface area contributed by atoms with E-state index < -0.39 is 0 Å². The first-order valence-corrected chi connectivity index (χ1v) is 6.86. The Morgan fingerprint density at radius 1 is 1.26 bits per heavy atom. The predicted octanol–water partition coefficient (Wildman–Crippen LogP) is 1.68. The topological polar surface area (TPSA) is 44.4 Å². The minimum atomic E-state index is 0.0550. The molecular formula is C15H25N3O. The van der Waals surface area contributed by atoms with Crippen molar-refractivity contribution in [2.24, 2.45) is 0 Å². The number of benzene rings is 1. The van der Waals surface area contributed by atoms with E-state index in [1.54, 1.807) is 0 Å². The second kappa shape index (κ2) is 7.79. The van der Waals surface area contributed by atoms with Gasteiger partial charge >= 0.3 is 0 Å². The molecule has 1 rings (SSSR count). The van der Waals surface area contributed by atoms with Crippen LogP contribution in [0.1, 0.15) is 25.0 Å². The highest BCUT2D eigenvalue weighted by atomic mass is 16.1. The van der Waals surface area contributed by atoms with Crippen LogP contribution in [0.4, 0.5) is 5.69 Å². The van der Waals surface area contributed by atoms with E-state index >= 15 is 0 Å². The number of hydrogen-bond donors (Lipinski definition) is 2. The summed E-state index contributed by atoms with van der Waals surface area (Å²) in [6.45, 7) is 9.06. The molecule has 4 nitrogen and oxygen atoms in total. The fraction of sp³-hybridized carbons (Fsp3) is 0.533. The standard InChI is InChI=1S/C15H25N3O/c1-5-16-10-13-7-8-14(9-12(13)3)18(4)11-15(19)17-6-2/h7-9,16H,5-6,10-11H2,1-4H3,(H,17,19). The number of likely N-dealkylation sites (N-methyl/N-ethyl adjacent to an activating group) is 2. The van der Waals surface area contributed by atoms with Gasteiger partial charge in [0.2, 0.25) is 5.91 Å². The van der Waals surface area contributed by atoms with Gasteiger partial charge in [-0.05, 0) is 43.7 Å². The van der Waals surface area contributed by atoms with Crippen molar-refractivity contribution in [3.63, 3.8) is 0 Å². The van der Waals surface area contributed by atoms with E-state index in [-0.39, 0.29) is 5.91 Å². The third-order valence-electron chi connectivity index (χ3n) is 3.09. The van der Waals surface area contributed by atoms with E-state index in [2.05, 4.69) is 42.7 Å². The molecule has 1 amide bonds.